The van der Waals surface area contributed by atoms with Gasteiger partial charge >= 0.3 is 0 Å². The Bertz CT molecular complexity index is 765. The van der Waals surface area contributed by atoms with Crippen LogP contribution in [-0.4, -0.2) is 52.3 Å². The van der Waals surface area contributed by atoms with E-state index in [4.69, 9.17) is 21.1 Å². The van der Waals surface area contributed by atoms with Gasteiger partial charge in [0.1, 0.15) is 0 Å². The molecule has 0 unspecified atom stereocenters. The van der Waals surface area contributed by atoms with Crippen LogP contribution in [0.2, 0.25) is 5.02 Å². The molecule has 146 valence electrons. The fourth-order valence-corrected chi connectivity index (χ4v) is 3.06. The van der Waals surface area contributed by atoms with E-state index in [1.807, 2.05) is 43.4 Å². The lowest BCUT2D eigenvalue weighted by atomic mass is 10.1. The highest BCUT2D eigenvalue weighted by Gasteiger charge is 2.09. The minimum atomic E-state index is 0.742. The Morgan fingerprint density at radius 3 is 2.48 bits per heavy atom. The van der Waals surface area contributed by atoms with Crippen molar-refractivity contribution in [1.29, 1.82) is 0 Å². The van der Waals surface area contributed by atoms with Crippen molar-refractivity contribution in [2.45, 2.75) is 12.8 Å². The van der Waals surface area contributed by atoms with E-state index < -0.39 is 0 Å². The van der Waals surface area contributed by atoms with E-state index in [2.05, 4.69) is 21.3 Å². The number of ether oxygens (including phenoxy) is 2. The van der Waals surface area contributed by atoms with Gasteiger partial charge in [-0.25, -0.2) is 0 Å². The van der Waals surface area contributed by atoms with Gasteiger partial charge in [0, 0.05) is 32.2 Å². The molecule has 0 saturated heterocycles. The number of halogens is 1. The van der Waals surface area contributed by atoms with E-state index in [1.54, 1.807) is 21.3 Å². The first kappa shape index (κ1) is 20.9. The summed E-state index contributed by atoms with van der Waals surface area (Å²) in [4.78, 5) is 6.48. The van der Waals surface area contributed by atoms with Gasteiger partial charge in [-0.2, -0.15) is 0 Å². The summed E-state index contributed by atoms with van der Waals surface area (Å²) in [5.41, 5.74) is 2.32. The van der Waals surface area contributed by atoms with Crippen LogP contribution in [0.5, 0.6) is 11.5 Å². The lowest BCUT2D eigenvalue weighted by Gasteiger charge is -2.22. The number of rotatable bonds is 8. The van der Waals surface area contributed by atoms with Crippen molar-refractivity contribution < 1.29 is 9.47 Å². The third kappa shape index (κ3) is 6.07. The smallest absolute Gasteiger partial charge is 0.193 e. The molecule has 1 N–H and O–H groups in total. The van der Waals surface area contributed by atoms with Crippen LogP contribution in [0.3, 0.4) is 0 Å². The molecule has 2 aromatic rings. The van der Waals surface area contributed by atoms with Crippen molar-refractivity contribution in [3.05, 3.63) is 58.6 Å². The molecule has 0 heterocycles. The van der Waals surface area contributed by atoms with Crippen LogP contribution in [0, 0.1) is 0 Å². The molecule has 6 heteroatoms. The summed E-state index contributed by atoms with van der Waals surface area (Å²) in [6, 6.07) is 13.9. The van der Waals surface area contributed by atoms with Crippen LogP contribution in [-0.2, 0) is 12.8 Å². The topological polar surface area (TPSA) is 46.1 Å². The first-order valence-electron chi connectivity index (χ1n) is 8.95. The highest BCUT2D eigenvalue weighted by Crippen LogP contribution is 2.27. The van der Waals surface area contributed by atoms with Gasteiger partial charge in [0.2, 0.25) is 0 Å². The molecule has 0 aromatic heterocycles. The first-order valence-corrected chi connectivity index (χ1v) is 9.33. The monoisotopic (exact) mass is 389 g/mol. The van der Waals surface area contributed by atoms with Gasteiger partial charge < -0.3 is 19.7 Å². The molecular formula is C21H28ClN3O2. The summed E-state index contributed by atoms with van der Waals surface area (Å²) in [6.07, 6.45) is 1.73. The van der Waals surface area contributed by atoms with Crippen LogP contribution in [0.4, 0.5) is 0 Å². The van der Waals surface area contributed by atoms with E-state index in [1.165, 1.54) is 5.56 Å². The van der Waals surface area contributed by atoms with Crippen molar-refractivity contribution in [3.8, 4) is 11.5 Å². The standard InChI is InChI=1S/C21H28ClN3O2/c1-23-21(24-13-11-17-7-5-6-8-18(17)22)25(2)14-12-16-9-10-19(26-3)20(15-16)27-4/h5-10,15H,11-14H2,1-4H3,(H,23,24). The Morgan fingerprint density at radius 2 is 1.81 bits per heavy atom. The largest absolute Gasteiger partial charge is 0.493 e. The quantitative estimate of drug-likeness (QED) is 0.553. The summed E-state index contributed by atoms with van der Waals surface area (Å²) in [5, 5.41) is 4.20. The molecule has 0 aliphatic heterocycles. The molecule has 0 atom stereocenters. The summed E-state index contributed by atoms with van der Waals surface area (Å²) in [7, 11) is 7.12. The van der Waals surface area contributed by atoms with Crippen molar-refractivity contribution in [2.24, 2.45) is 4.99 Å². The predicted octanol–water partition coefficient (Wildman–Crippen LogP) is 3.65. The summed E-state index contributed by atoms with van der Waals surface area (Å²) in [6.45, 7) is 1.61. The van der Waals surface area contributed by atoms with Crippen LogP contribution in [0.15, 0.2) is 47.5 Å². The molecule has 0 aliphatic rings. The third-order valence-corrected chi connectivity index (χ3v) is 4.76. The van der Waals surface area contributed by atoms with Crippen molar-refractivity contribution >= 4 is 17.6 Å². The molecule has 2 rings (SSSR count). The fourth-order valence-electron chi connectivity index (χ4n) is 2.83. The minimum absolute atomic E-state index is 0.742. The summed E-state index contributed by atoms with van der Waals surface area (Å²) in [5.74, 6) is 2.36. The van der Waals surface area contributed by atoms with Gasteiger partial charge in [0.15, 0.2) is 17.5 Å². The number of benzene rings is 2. The van der Waals surface area contributed by atoms with E-state index >= 15 is 0 Å². The minimum Gasteiger partial charge on any atom is -0.493 e. The van der Waals surface area contributed by atoms with Gasteiger partial charge in [-0.15, -0.1) is 0 Å². The SMILES string of the molecule is CN=C(NCCc1ccccc1Cl)N(C)CCc1ccc(OC)c(OC)c1. The van der Waals surface area contributed by atoms with Crippen LogP contribution in [0.1, 0.15) is 11.1 Å². The number of nitrogens with one attached hydrogen (secondary N) is 1. The summed E-state index contributed by atoms with van der Waals surface area (Å²) < 4.78 is 10.7. The Morgan fingerprint density at radius 1 is 1.07 bits per heavy atom. The number of guanidine groups is 1. The van der Waals surface area contributed by atoms with Gasteiger partial charge in [-0.05, 0) is 42.2 Å². The lowest BCUT2D eigenvalue weighted by Crippen LogP contribution is -2.40. The average molecular weight is 390 g/mol. The van der Waals surface area contributed by atoms with Crippen LogP contribution >= 0.6 is 11.6 Å². The number of nitrogens with zero attached hydrogens (tertiary/aromatic N) is 2. The molecule has 0 fully saturated rings. The Balaban J connectivity index is 1.86. The normalized spacial score (nSPS) is 11.2. The molecule has 0 radical (unpaired) electrons. The van der Waals surface area contributed by atoms with Gasteiger partial charge in [-0.1, -0.05) is 35.9 Å². The molecular weight excluding hydrogens is 362 g/mol. The van der Waals surface area contributed by atoms with E-state index in [0.717, 1.165) is 54.0 Å². The lowest BCUT2D eigenvalue weighted by molar-refractivity contribution is 0.354. The Hall–Kier alpha value is -2.40. The second-order valence-electron chi connectivity index (χ2n) is 6.18. The molecule has 0 saturated carbocycles. The number of aliphatic imine (C=N–C) groups is 1. The van der Waals surface area contributed by atoms with Crippen molar-refractivity contribution in [1.82, 2.24) is 10.2 Å². The zero-order valence-corrected chi connectivity index (χ0v) is 17.2. The number of likely N-dealkylation sites (N-methyl/N-ethyl adjacent to an activating group) is 1. The predicted molar refractivity (Wildman–Crippen MR) is 112 cm³/mol. The molecule has 0 bridgehead atoms. The Labute approximate surface area is 167 Å². The maximum Gasteiger partial charge on any atom is 0.193 e. The molecule has 0 aliphatic carbocycles. The second-order valence-corrected chi connectivity index (χ2v) is 6.58. The van der Waals surface area contributed by atoms with Gasteiger partial charge in [0.05, 0.1) is 14.2 Å². The van der Waals surface area contributed by atoms with Gasteiger partial charge in [0.25, 0.3) is 0 Å². The molecule has 0 amide bonds. The number of hydrogen-bond donors (Lipinski definition) is 1. The molecule has 0 spiro atoms. The van der Waals surface area contributed by atoms with E-state index in [9.17, 15) is 0 Å². The molecule has 5 nitrogen and oxygen atoms in total. The summed E-state index contributed by atoms with van der Waals surface area (Å²) >= 11 is 6.21. The Kier molecular flexibility index (Phi) is 8.27. The number of hydrogen-bond acceptors (Lipinski definition) is 3. The first-order chi connectivity index (χ1) is 13.1. The highest BCUT2D eigenvalue weighted by molar-refractivity contribution is 6.31. The zero-order valence-electron chi connectivity index (χ0n) is 16.5. The van der Waals surface area contributed by atoms with Crippen molar-refractivity contribution in [3.63, 3.8) is 0 Å². The zero-order chi connectivity index (χ0) is 19.6. The second kappa shape index (κ2) is 10.7. The van der Waals surface area contributed by atoms with Crippen molar-refractivity contribution in [2.75, 3.05) is 41.4 Å². The fraction of sp³-hybridized carbons (Fsp3) is 0.381. The molecule has 2 aromatic carbocycles. The van der Waals surface area contributed by atoms with Crippen LogP contribution in [0.25, 0.3) is 0 Å². The maximum atomic E-state index is 6.21. The third-order valence-electron chi connectivity index (χ3n) is 4.39. The van der Waals surface area contributed by atoms with E-state index in [-0.39, 0.29) is 0 Å². The van der Waals surface area contributed by atoms with E-state index in [0.29, 0.717) is 0 Å². The maximum absolute atomic E-state index is 6.21. The van der Waals surface area contributed by atoms with Crippen LogP contribution < -0.4 is 14.8 Å². The molecule has 27 heavy (non-hydrogen) atoms. The number of methoxy groups -OCH3 is 2. The average Bonchev–Trinajstić information content (AvgIpc) is 2.70. The van der Waals surface area contributed by atoms with Gasteiger partial charge in [-0.3, -0.25) is 4.99 Å². The highest BCUT2D eigenvalue weighted by atomic mass is 35.5.